The fourth-order valence-electron chi connectivity index (χ4n) is 1.05. The van der Waals surface area contributed by atoms with Gasteiger partial charge >= 0.3 is 6.03 Å². The highest BCUT2D eigenvalue weighted by Gasteiger charge is 2.18. The first kappa shape index (κ1) is 15.2. The number of hydroxylamine groups is 1. The zero-order valence-corrected chi connectivity index (χ0v) is 10.8. The summed E-state index contributed by atoms with van der Waals surface area (Å²) in [4.78, 5) is 16.5. The second-order valence-electron chi connectivity index (χ2n) is 4.96. The first-order chi connectivity index (χ1) is 7.30. The maximum Gasteiger partial charge on any atom is 0.339 e. The van der Waals surface area contributed by atoms with Gasteiger partial charge in [0.15, 0.2) is 0 Å². The third kappa shape index (κ3) is 6.63. The highest BCUT2D eigenvalue weighted by atomic mass is 16.7. The van der Waals surface area contributed by atoms with Gasteiger partial charge in [0.2, 0.25) is 0 Å². The van der Waals surface area contributed by atoms with E-state index >= 15 is 0 Å². The second kappa shape index (κ2) is 6.70. The molecule has 0 unspecified atom stereocenters. The fourth-order valence-corrected chi connectivity index (χ4v) is 1.05. The largest absolute Gasteiger partial charge is 0.394 e. The Morgan fingerprint density at radius 1 is 1.44 bits per heavy atom. The van der Waals surface area contributed by atoms with E-state index in [0.29, 0.717) is 0 Å². The number of urea groups is 1. The normalized spacial score (nSPS) is 15.4. The smallest absolute Gasteiger partial charge is 0.339 e. The Balaban J connectivity index is 4.02. The molecule has 5 heteroatoms. The number of amides is 2. The van der Waals surface area contributed by atoms with Gasteiger partial charge in [0.25, 0.3) is 0 Å². The molecule has 0 aromatic rings. The minimum atomic E-state index is -0.428. The average Bonchev–Trinajstić information content (AvgIpc) is 2.21. The van der Waals surface area contributed by atoms with Crippen molar-refractivity contribution in [3.8, 4) is 0 Å². The van der Waals surface area contributed by atoms with Crippen molar-refractivity contribution < 1.29 is 14.7 Å². The lowest BCUT2D eigenvalue weighted by Gasteiger charge is -2.24. The van der Waals surface area contributed by atoms with Crippen molar-refractivity contribution >= 4 is 6.03 Å². The van der Waals surface area contributed by atoms with Crippen LogP contribution in [0.15, 0.2) is 0 Å². The standard InChI is InChI=1S/C11H24N2O3/c1-6-8(2)9(7-14)12-10(15)13-16-11(3,4)5/h8-9,14H,6-7H2,1-5H3,(H2,12,13,15)/t8-,9-/m1/s1. The van der Waals surface area contributed by atoms with Crippen LogP contribution in [0.2, 0.25) is 0 Å². The minimum absolute atomic E-state index is 0.0715. The third-order valence-corrected chi connectivity index (χ3v) is 2.29. The molecule has 0 radical (unpaired) electrons. The van der Waals surface area contributed by atoms with Crippen molar-refractivity contribution in [1.82, 2.24) is 10.8 Å². The SMILES string of the molecule is CC[C@@H](C)[C@@H](CO)NC(=O)NOC(C)(C)C. The molecule has 0 heterocycles. The highest BCUT2D eigenvalue weighted by Crippen LogP contribution is 2.07. The Morgan fingerprint density at radius 2 is 2.00 bits per heavy atom. The Bertz CT molecular complexity index is 214. The minimum Gasteiger partial charge on any atom is -0.394 e. The quantitative estimate of drug-likeness (QED) is 0.628. The molecule has 0 aromatic heterocycles. The zero-order valence-electron chi connectivity index (χ0n) is 10.8. The highest BCUT2D eigenvalue weighted by molar-refractivity contribution is 5.73. The first-order valence-electron chi connectivity index (χ1n) is 5.65. The van der Waals surface area contributed by atoms with E-state index in [-0.39, 0.29) is 18.6 Å². The monoisotopic (exact) mass is 232 g/mol. The van der Waals surface area contributed by atoms with Gasteiger partial charge in [-0.25, -0.2) is 10.3 Å². The molecular formula is C11H24N2O3. The van der Waals surface area contributed by atoms with E-state index < -0.39 is 11.6 Å². The number of carbonyl (C=O) groups excluding carboxylic acids is 1. The van der Waals surface area contributed by atoms with Crippen LogP contribution in [0.5, 0.6) is 0 Å². The predicted octanol–water partition coefficient (Wildman–Crippen LogP) is 1.42. The Kier molecular flexibility index (Phi) is 6.36. The Morgan fingerprint density at radius 3 is 2.38 bits per heavy atom. The number of nitrogens with one attached hydrogen (secondary N) is 2. The van der Waals surface area contributed by atoms with Gasteiger partial charge in [0, 0.05) is 0 Å². The van der Waals surface area contributed by atoms with E-state index in [4.69, 9.17) is 9.94 Å². The van der Waals surface area contributed by atoms with Gasteiger partial charge in [0.1, 0.15) is 0 Å². The number of carbonyl (C=O) groups is 1. The van der Waals surface area contributed by atoms with Crippen molar-refractivity contribution in [1.29, 1.82) is 0 Å². The van der Waals surface area contributed by atoms with Crippen LogP contribution in [-0.4, -0.2) is 29.4 Å². The zero-order chi connectivity index (χ0) is 12.8. The van der Waals surface area contributed by atoms with E-state index in [1.165, 1.54) is 0 Å². The molecule has 0 saturated carbocycles. The predicted molar refractivity (Wildman–Crippen MR) is 62.8 cm³/mol. The molecule has 0 bridgehead atoms. The van der Waals surface area contributed by atoms with Gasteiger partial charge in [-0.15, -0.1) is 0 Å². The van der Waals surface area contributed by atoms with Crippen molar-refractivity contribution in [2.24, 2.45) is 5.92 Å². The third-order valence-electron chi connectivity index (χ3n) is 2.29. The molecular weight excluding hydrogens is 208 g/mol. The lowest BCUT2D eigenvalue weighted by molar-refractivity contribution is -0.0537. The van der Waals surface area contributed by atoms with Crippen LogP contribution in [0.4, 0.5) is 4.79 Å². The van der Waals surface area contributed by atoms with Crippen LogP contribution in [0.3, 0.4) is 0 Å². The summed E-state index contributed by atoms with van der Waals surface area (Å²) < 4.78 is 0. The summed E-state index contributed by atoms with van der Waals surface area (Å²) in [6, 6.07) is -0.664. The molecule has 5 nitrogen and oxygen atoms in total. The lowest BCUT2D eigenvalue weighted by Crippen LogP contribution is -2.48. The van der Waals surface area contributed by atoms with E-state index in [1.54, 1.807) is 0 Å². The molecule has 0 rings (SSSR count). The van der Waals surface area contributed by atoms with Crippen molar-refractivity contribution in [3.05, 3.63) is 0 Å². The van der Waals surface area contributed by atoms with Crippen LogP contribution in [-0.2, 0) is 4.84 Å². The summed E-state index contributed by atoms with van der Waals surface area (Å²) in [5.74, 6) is 0.227. The van der Waals surface area contributed by atoms with Crippen LogP contribution < -0.4 is 10.8 Å². The topological polar surface area (TPSA) is 70.6 Å². The second-order valence-corrected chi connectivity index (χ2v) is 4.96. The van der Waals surface area contributed by atoms with Crippen LogP contribution in [0.1, 0.15) is 41.0 Å². The summed E-state index contributed by atoms with van der Waals surface area (Å²) >= 11 is 0. The molecule has 0 aliphatic carbocycles. The molecule has 0 aromatic carbocycles. The summed E-state index contributed by atoms with van der Waals surface area (Å²) in [6.45, 7) is 9.44. The first-order valence-corrected chi connectivity index (χ1v) is 5.65. The number of aliphatic hydroxyl groups excluding tert-OH is 1. The summed E-state index contributed by atoms with van der Waals surface area (Å²) in [6.07, 6.45) is 0.894. The summed E-state index contributed by atoms with van der Waals surface area (Å²) in [5, 5.41) is 11.8. The van der Waals surface area contributed by atoms with E-state index in [0.717, 1.165) is 6.42 Å². The molecule has 0 saturated heterocycles. The molecule has 0 spiro atoms. The Hall–Kier alpha value is -0.810. The van der Waals surface area contributed by atoms with E-state index in [2.05, 4.69) is 10.8 Å². The van der Waals surface area contributed by atoms with Gasteiger partial charge in [-0.3, -0.25) is 4.84 Å². The average molecular weight is 232 g/mol. The number of rotatable bonds is 5. The van der Waals surface area contributed by atoms with E-state index in [1.807, 2.05) is 34.6 Å². The van der Waals surface area contributed by atoms with Gasteiger partial charge < -0.3 is 10.4 Å². The van der Waals surface area contributed by atoms with Crippen LogP contribution in [0, 0.1) is 5.92 Å². The van der Waals surface area contributed by atoms with E-state index in [9.17, 15) is 4.79 Å². The molecule has 2 atom stereocenters. The molecule has 0 fully saturated rings. The number of hydrogen-bond donors (Lipinski definition) is 3. The molecule has 16 heavy (non-hydrogen) atoms. The maximum absolute atomic E-state index is 11.4. The van der Waals surface area contributed by atoms with Crippen LogP contribution >= 0.6 is 0 Å². The molecule has 3 N–H and O–H groups in total. The summed E-state index contributed by atoms with van der Waals surface area (Å²) in [5.41, 5.74) is 1.88. The van der Waals surface area contributed by atoms with Gasteiger partial charge in [-0.1, -0.05) is 20.3 Å². The lowest BCUT2D eigenvalue weighted by atomic mass is 10.0. The molecule has 0 aliphatic rings. The van der Waals surface area contributed by atoms with Crippen LogP contribution in [0.25, 0.3) is 0 Å². The van der Waals surface area contributed by atoms with Gasteiger partial charge in [-0.05, 0) is 26.7 Å². The van der Waals surface area contributed by atoms with Crippen molar-refractivity contribution in [2.75, 3.05) is 6.61 Å². The molecule has 96 valence electrons. The number of hydrogen-bond acceptors (Lipinski definition) is 3. The van der Waals surface area contributed by atoms with Gasteiger partial charge in [-0.2, -0.15) is 0 Å². The fraction of sp³-hybridized carbons (Fsp3) is 0.909. The molecule has 2 amide bonds. The van der Waals surface area contributed by atoms with Crippen molar-refractivity contribution in [3.63, 3.8) is 0 Å². The summed E-state index contributed by atoms with van der Waals surface area (Å²) in [7, 11) is 0. The maximum atomic E-state index is 11.4. The Labute approximate surface area is 97.5 Å². The van der Waals surface area contributed by atoms with Gasteiger partial charge in [0.05, 0.1) is 18.2 Å². The van der Waals surface area contributed by atoms with Crippen molar-refractivity contribution in [2.45, 2.75) is 52.7 Å². The molecule has 0 aliphatic heterocycles. The number of aliphatic hydroxyl groups is 1.